The molecule has 6 nitrogen and oxygen atoms in total. The van der Waals surface area contributed by atoms with Gasteiger partial charge in [0.05, 0.1) is 17.8 Å². The third-order valence-electron chi connectivity index (χ3n) is 4.42. The first-order chi connectivity index (χ1) is 13.8. The number of nitrogens with two attached hydrogens (primary N) is 1. The van der Waals surface area contributed by atoms with Crippen LogP contribution in [0.3, 0.4) is 0 Å². The van der Waals surface area contributed by atoms with Crippen molar-refractivity contribution in [2.45, 2.75) is 20.3 Å². The van der Waals surface area contributed by atoms with Gasteiger partial charge in [-0.15, -0.1) is 0 Å². The third-order valence-corrected chi connectivity index (χ3v) is 4.42. The number of anilines is 1. The fourth-order valence-corrected chi connectivity index (χ4v) is 2.98. The molecule has 1 heterocycles. The fourth-order valence-electron chi connectivity index (χ4n) is 2.98. The van der Waals surface area contributed by atoms with Crippen molar-refractivity contribution in [2.24, 2.45) is 5.73 Å². The average Bonchev–Trinajstić information content (AvgIpc) is 2.96. The molecule has 0 saturated heterocycles. The van der Waals surface area contributed by atoms with Crippen LogP contribution in [-0.4, -0.2) is 21.6 Å². The lowest BCUT2D eigenvalue weighted by atomic mass is 10.1. The number of carbonyl (C=O) groups excluding carboxylic acids is 2. The van der Waals surface area contributed by atoms with Crippen molar-refractivity contribution in [3.8, 4) is 5.69 Å². The number of benzene rings is 2. The molecule has 7 heteroatoms. The normalized spacial score (nSPS) is 11.0. The predicted molar refractivity (Wildman–Crippen MR) is 110 cm³/mol. The maximum Gasteiger partial charge on any atom is 0.248 e. The number of amides is 2. The maximum atomic E-state index is 13.1. The quantitative estimate of drug-likeness (QED) is 0.631. The zero-order valence-corrected chi connectivity index (χ0v) is 16.1. The molecule has 3 rings (SSSR count). The van der Waals surface area contributed by atoms with Gasteiger partial charge in [-0.2, -0.15) is 5.10 Å². The summed E-state index contributed by atoms with van der Waals surface area (Å²) < 4.78 is 14.9. The van der Waals surface area contributed by atoms with E-state index in [9.17, 15) is 14.0 Å². The monoisotopic (exact) mass is 392 g/mol. The van der Waals surface area contributed by atoms with Gasteiger partial charge in [-0.25, -0.2) is 9.07 Å². The minimum absolute atomic E-state index is 0.157. The Morgan fingerprint density at radius 3 is 2.38 bits per heavy atom. The molecular formula is C22H21FN4O2. The smallest absolute Gasteiger partial charge is 0.248 e. The molecule has 29 heavy (non-hydrogen) atoms. The number of hydrogen-bond donors (Lipinski definition) is 2. The first kappa shape index (κ1) is 20.0. The Morgan fingerprint density at radius 1 is 1.10 bits per heavy atom. The standard InChI is InChI=1S/C22H21FN4O2/c1-14-20(15(2)27(26-14)19-9-5-17(23)6-10-19)11-12-22(29)25-18-7-3-16(4-8-18)13-21(24)28/h3-12H,13H2,1-2H3,(H2,24,28)(H,25,29)/b12-11+. The fraction of sp³-hybridized carbons (Fsp3) is 0.136. The van der Waals surface area contributed by atoms with Crippen LogP contribution < -0.4 is 11.1 Å². The first-order valence-corrected chi connectivity index (χ1v) is 9.02. The van der Waals surface area contributed by atoms with Crippen molar-refractivity contribution in [3.05, 3.63) is 82.9 Å². The Kier molecular flexibility index (Phi) is 5.87. The molecule has 3 N–H and O–H groups in total. The summed E-state index contributed by atoms with van der Waals surface area (Å²) in [7, 11) is 0. The van der Waals surface area contributed by atoms with Gasteiger partial charge in [0.15, 0.2) is 0 Å². The Bertz CT molecular complexity index is 1070. The van der Waals surface area contributed by atoms with Crippen molar-refractivity contribution in [2.75, 3.05) is 5.32 Å². The van der Waals surface area contributed by atoms with Gasteiger partial charge in [0, 0.05) is 23.0 Å². The summed E-state index contributed by atoms with van der Waals surface area (Å²) in [5, 5.41) is 7.24. The van der Waals surface area contributed by atoms with E-state index in [-0.39, 0.29) is 18.1 Å². The summed E-state index contributed by atoms with van der Waals surface area (Å²) >= 11 is 0. The lowest BCUT2D eigenvalue weighted by Crippen LogP contribution is -2.13. The predicted octanol–water partition coefficient (Wildman–Crippen LogP) is 3.31. The molecule has 0 atom stereocenters. The van der Waals surface area contributed by atoms with Crippen LogP contribution in [0.4, 0.5) is 10.1 Å². The number of halogens is 1. The molecule has 0 radical (unpaired) electrons. The van der Waals surface area contributed by atoms with Gasteiger partial charge < -0.3 is 11.1 Å². The molecule has 0 fully saturated rings. The van der Waals surface area contributed by atoms with Crippen LogP contribution in [0.15, 0.2) is 54.6 Å². The van der Waals surface area contributed by atoms with Crippen LogP contribution in [-0.2, 0) is 16.0 Å². The number of hydrogen-bond acceptors (Lipinski definition) is 3. The second-order valence-electron chi connectivity index (χ2n) is 6.64. The van der Waals surface area contributed by atoms with E-state index in [2.05, 4.69) is 10.4 Å². The van der Waals surface area contributed by atoms with E-state index in [0.29, 0.717) is 5.69 Å². The number of primary amides is 1. The van der Waals surface area contributed by atoms with E-state index in [1.165, 1.54) is 18.2 Å². The van der Waals surface area contributed by atoms with Crippen LogP contribution in [0.5, 0.6) is 0 Å². The van der Waals surface area contributed by atoms with Gasteiger partial charge in [0.2, 0.25) is 11.8 Å². The van der Waals surface area contributed by atoms with Crippen LogP contribution >= 0.6 is 0 Å². The molecule has 1 aromatic heterocycles. The second-order valence-corrected chi connectivity index (χ2v) is 6.64. The highest BCUT2D eigenvalue weighted by atomic mass is 19.1. The first-order valence-electron chi connectivity index (χ1n) is 9.02. The van der Waals surface area contributed by atoms with Crippen LogP contribution in [0.1, 0.15) is 22.5 Å². The summed E-state index contributed by atoms with van der Waals surface area (Å²) in [6.07, 6.45) is 3.29. The molecule has 2 amide bonds. The number of aromatic nitrogens is 2. The summed E-state index contributed by atoms with van der Waals surface area (Å²) in [4.78, 5) is 23.2. The van der Waals surface area contributed by atoms with E-state index >= 15 is 0 Å². The Balaban J connectivity index is 1.71. The van der Waals surface area contributed by atoms with Gasteiger partial charge in [-0.05, 0) is 61.9 Å². The van der Waals surface area contributed by atoms with Crippen molar-refractivity contribution in [3.63, 3.8) is 0 Å². The Morgan fingerprint density at radius 2 is 1.76 bits per heavy atom. The lowest BCUT2D eigenvalue weighted by Gasteiger charge is -2.05. The van der Waals surface area contributed by atoms with Crippen LogP contribution in [0, 0.1) is 19.7 Å². The van der Waals surface area contributed by atoms with E-state index < -0.39 is 5.91 Å². The number of carbonyl (C=O) groups is 2. The average molecular weight is 392 g/mol. The summed E-state index contributed by atoms with van der Waals surface area (Å²) in [5.74, 6) is -1.01. The molecular weight excluding hydrogens is 371 g/mol. The lowest BCUT2D eigenvalue weighted by molar-refractivity contribution is -0.117. The molecule has 0 aliphatic rings. The van der Waals surface area contributed by atoms with Gasteiger partial charge in [0.1, 0.15) is 5.82 Å². The number of nitrogens with zero attached hydrogens (tertiary/aromatic N) is 2. The summed E-state index contributed by atoms with van der Waals surface area (Å²) in [6.45, 7) is 3.74. The van der Waals surface area contributed by atoms with Crippen molar-refractivity contribution < 1.29 is 14.0 Å². The molecule has 0 saturated carbocycles. The Hall–Kier alpha value is -3.74. The highest BCUT2D eigenvalue weighted by molar-refractivity contribution is 6.02. The Labute approximate surface area is 167 Å². The van der Waals surface area contributed by atoms with Crippen LogP contribution in [0.2, 0.25) is 0 Å². The SMILES string of the molecule is Cc1nn(-c2ccc(F)cc2)c(C)c1/C=C/C(=O)Nc1ccc(CC(N)=O)cc1. The van der Waals surface area contributed by atoms with Crippen LogP contribution in [0.25, 0.3) is 11.8 Å². The molecule has 0 spiro atoms. The minimum atomic E-state index is -0.406. The maximum absolute atomic E-state index is 13.1. The van der Waals surface area contributed by atoms with E-state index in [0.717, 1.165) is 28.2 Å². The number of aryl methyl sites for hydroxylation is 1. The number of nitrogens with one attached hydrogen (secondary N) is 1. The summed E-state index contributed by atoms with van der Waals surface area (Å²) in [6, 6.07) is 13.0. The largest absolute Gasteiger partial charge is 0.369 e. The molecule has 0 aliphatic carbocycles. The zero-order valence-electron chi connectivity index (χ0n) is 16.1. The van der Waals surface area contributed by atoms with Gasteiger partial charge in [-0.1, -0.05) is 12.1 Å². The molecule has 0 bridgehead atoms. The highest BCUT2D eigenvalue weighted by Gasteiger charge is 2.11. The van der Waals surface area contributed by atoms with E-state index in [4.69, 9.17) is 5.73 Å². The minimum Gasteiger partial charge on any atom is -0.369 e. The van der Waals surface area contributed by atoms with Gasteiger partial charge in [0.25, 0.3) is 0 Å². The zero-order chi connectivity index (χ0) is 21.0. The van der Waals surface area contributed by atoms with Gasteiger partial charge in [-0.3, -0.25) is 9.59 Å². The van der Waals surface area contributed by atoms with E-state index in [1.807, 2.05) is 13.8 Å². The van der Waals surface area contributed by atoms with Crippen molar-refractivity contribution in [1.82, 2.24) is 9.78 Å². The topological polar surface area (TPSA) is 90.0 Å². The van der Waals surface area contributed by atoms with E-state index in [1.54, 1.807) is 47.2 Å². The third kappa shape index (κ3) is 4.95. The second kappa shape index (κ2) is 8.52. The molecule has 0 aliphatic heterocycles. The van der Waals surface area contributed by atoms with Crippen molar-refractivity contribution >= 4 is 23.6 Å². The molecule has 2 aromatic carbocycles. The molecule has 148 valence electrons. The van der Waals surface area contributed by atoms with Gasteiger partial charge >= 0.3 is 0 Å². The molecule has 0 unspecified atom stereocenters. The molecule has 3 aromatic rings. The van der Waals surface area contributed by atoms with Crippen molar-refractivity contribution in [1.29, 1.82) is 0 Å². The summed E-state index contributed by atoms with van der Waals surface area (Å²) in [5.41, 5.74) is 9.72. The number of rotatable bonds is 6. The highest BCUT2D eigenvalue weighted by Crippen LogP contribution is 2.19.